The van der Waals surface area contributed by atoms with Crippen LogP contribution in [0.5, 0.6) is 0 Å². The number of rotatable bonds is 0. The molecule has 0 amide bonds. The van der Waals surface area contributed by atoms with Gasteiger partial charge >= 0.3 is 0 Å². The maximum atomic E-state index is 12.2. The van der Waals surface area contributed by atoms with Gasteiger partial charge in [0.1, 0.15) is 0 Å². The summed E-state index contributed by atoms with van der Waals surface area (Å²) >= 11 is 0. The van der Waals surface area contributed by atoms with Crippen molar-refractivity contribution in [2.24, 2.45) is 5.10 Å². The van der Waals surface area contributed by atoms with Crippen LogP contribution in [0, 0.1) is 0 Å². The van der Waals surface area contributed by atoms with E-state index < -0.39 is 15.2 Å². The Kier molecular flexibility index (Phi) is 1.55. The van der Waals surface area contributed by atoms with Crippen molar-refractivity contribution in [2.75, 3.05) is 7.05 Å². The van der Waals surface area contributed by atoms with Crippen molar-refractivity contribution < 1.29 is 8.42 Å². The fourth-order valence-electron chi connectivity index (χ4n) is 2.32. The van der Waals surface area contributed by atoms with Crippen molar-refractivity contribution in [3.63, 3.8) is 0 Å². The number of hydrogen-bond acceptors (Lipinski definition) is 4. The van der Waals surface area contributed by atoms with Crippen LogP contribution in [0.25, 0.3) is 0 Å². The third kappa shape index (κ3) is 0.958. The average Bonchev–Trinajstić information content (AvgIpc) is 2.69. The Morgan fingerprint density at radius 3 is 2.87 bits per heavy atom. The van der Waals surface area contributed by atoms with Gasteiger partial charge in [0, 0.05) is 13.3 Å². The quantitative estimate of drug-likeness (QED) is 0.653. The zero-order valence-corrected chi connectivity index (χ0v) is 8.98. The van der Waals surface area contributed by atoms with E-state index in [4.69, 9.17) is 0 Å². The first-order valence-electron chi connectivity index (χ1n) is 4.72. The van der Waals surface area contributed by atoms with Crippen molar-refractivity contribution >= 4 is 16.1 Å². The largest absolute Gasteiger partial charge is 0.281 e. The van der Waals surface area contributed by atoms with Crippen LogP contribution in [0.3, 0.4) is 0 Å². The minimum absolute atomic E-state index is 0.101. The van der Waals surface area contributed by atoms with Crippen LogP contribution in [0.15, 0.2) is 34.3 Å². The highest BCUT2D eigenvalue weighted by atomic mass is 32.2. The smallest absolute Gasteiger partial charge is 0.202 e. The lowest BCUT2D eigenvalue weighted by Crippen LogP contribution is -2.31. The summed E-state index contributed by atoms with van der Waals surface area (Å²) in [5, 5.41) is 5.04. The highest BCUT2D eigenvalue weighted by Crippen LogP contribution is 2.43. The number of nitrogens with zero attached hydrogens (tertiary/aromatic N) is 2. The molecule has 0 fully saturated rings. The third-order valence-electron chi connectivity index (χ3n) is 2.99. The molecule has 0 aromatic heterocycles. The Morgan fingerprint density at radius 1 is 1.33 bits per heavy atom. The maximum absolute atomic E-state index is 12.2. The Labute approximate surface area is 88.1 Å². The van der Waals surface area contributed by atoms with Crippen molar-refractivity contribution in [3.8, 4) is 0 Å². The zero-order chi connectivity index (χ0) is 10.6. The van der Waals surface area contributed by atoms with Gasteiger partial charge in [0.2, 0.25) is 9.84 Å². The van der Waals surface area contributed by atoms with Crippen LogP contribution >= 0.6 is 0 Å². The molecule has 2 unspecified atom stereocenters. The summed E-state index contributed by atoms with van der Waals surface area (Å²) in [4.78, 5) is 0.456. The van der Waals surface area contributed by atoms with Gasteiger partial charge in [0.05, 0.1) is 10.8 Å². The molecule has 15 heavy (non-hydrogen) atoms. The second-order valence-corrected chi connectivity index (χ2v) is 5.85. The summed E-state index contributed by atoms with van der Waals surface area (Å²) in [5.41, 5.74) is 0.871. The Bertz CT molecular complexity index is 550. The van der Waals surface area contributed by atoms with Crippen molar-refractivity contribution in [1.82, 2.24) is 5.01 Å². The second-order valence-electron chi connectivity index (χ2n) is 3.84. The van der Waals surface area contributed by atoms with Crippen LogP contribution in [-0.4, -0.2) is 32.1 Å². The summed E-state index contributed by atoms with van der Waals surface area (Å²) in [6.45, 7) is 0. The van der Waals surface area contributed by atoms with Crippen LogP contribution in [0.1, 0.15) is 11.5 Å². The zero-order valence-electron chi connectivity index (χ0n) is 8.16. The summed E-state index contributed by atoms with van der Waals surface area (Å²) in [6.07, 6.45) is 1.72. The van der Waals surface area contributed by atoms with Gasteiger partial charge in [0.25, 0.3) is 0 Å². The Morgan fingerprint density at radius 2 is 2.07 bits per heavy atom. The van der Waals surface area contributed by atoms with Crippen LogP contribution in [0.4, 0.5) is 0 Å². The molecule has 2 aliphatic rings. The Balaban J connectivity index is 2.31. The minimum atomic E-state index is -3.23. The number of sulfone groups is 1. The molecule has 0 spiro atoms. The van der Waals surface area contributed by atoms with E-state index in [2.05, 4.69) is 5.10 Å². The molecule has 0 radical (unpaired) electrons. The summed E-state index contributed by atoms with van der Waals surface area (Å²) in [7, 11) is -1.53. The number of benzene rings is 1. The standard InChI is InChI=1S/C10H10N2O2S/c1-12-10-8(6-11-12)7-4-2-3-5-9(7)15(10,13)14/h2-6,8,10H,1H3. The second kappa shape index (κ2) is 2.61. The van der Waals surface area contributed by atoms with Gasteiger partial charge in [-0.2, -0.15) is 5.10 Å². The first kappa shape index (κ1) is 8.91. The Hall–Kier alpha value is -1.36. The molecule has 3 rings (SSSR count). The van der Waals surface area contributed by atoms with Gasteiger partial charge in [-0.05, 0) is 11.6 Å². The molecule has 78 valence electrons. The fourth-order valence-corrected chi connectivity index (χ4v) is 4.44. The molecule has 1 aromatic rings. The van der Waals surface area contributed by atoms with Gasteiger partial charge < -0.3 is 0 Å². The number of hydrogen-bond donors (Lipinski definition) is 0. The number of fused-ring (bicyclic) bond motifs is 3. The van der Waals surface area contributed by atoms with E-state index in [-0.39, 0.29) is 5.92 Å². The fraction of sp³-hybridized carbons (Fsp3) is 0.300. The highest BCUT2D eigenvalue weighted by Gasteiger charge is 2.48. The minimum Gasteiger partial charge on any atom is -0.281 e. The molecule has 1 aromatic carbocycles. The molecule has 4 nitrogen and oxygen atoms in total. The van der Waals surface area contributed by atoms with Crippen LogP contribution in [0.2, 0.25) is 0 Å². The molecule has 2 heterocycles. The number of likely N-dealkylation sites (N-methyl/N-ethyl adjacent to an activating group) is 1. The lowest BCUT2D eigenvalue weighted by molar-refractivity contribution is 0.341. The van der Waals surface area contributed by atoms with Crippen LogP contribution < -0.4 is 0 Å². The van der Waals surface area contributed by atoms with Gasteiger partial charge in [-0.15, -0.1) is 0 Å². The van der Waals surface area contributed by atoms with E-state index in [9.17, 15) is 8.42 Å². The van der Waals surface area contributed by atoms with Crippen molar-refractivity contribution in [2.45, 2.75) is 16.2 Å². The lowest BCUT2D eigenvalue weighted by Gasteiger charge is -2.16. The van der Waals surface area contributed by atoms with Crippen molar-refractivity contribution in [3.05, 3.63) is 29.8 Å². The molecule has 0 saturated heterocycles. The first-order chi connectivity index (χ1) is 7.12. The molecule has 0 N–H and O–H groups in total. The summed E-state index contributed by atoms with van der Waals surface area (Å²) < 4.78 is 24.3. The molecule has 0 saturated carbocycles. The van der Waals surface area contributed by atoms with Crippen molar-refractivity contribution in [1.29, 1.82) is 0 Å². The van der Waals surface area contributed by atoms with E-state index >= 15 is 0 Å². The molecule has 2 aliphatic heterocycles. The monoisotopic (exact) mass is 222 g/mol. The van der Waals surface area contributed by atoms with E-state index in [1.54, 1.807) is 25.4 Å². The molecule has 2 atom stereocenters. The SMILES string of the molecule is CN1N=CC2c3ccccc3S(=O)(=O)C21. The highest BCUT2D eigenvalue weighted by molar-refractivity contribution is 7.92. The molecular weight excluding hydrogens is 212 g/mol. The molecular formula is C10H10N2O2S. The van der Waals surface area contributed by atoms with E-state index in [1.807, 2.05) is 12.1 Å². The normalized spacial score (nSPS) is 30.3. The molecule has 5 heteroatoms. The van der Waals surface area contributed by atoms with E-state index in [0.717, 1.165) is 5.56 Å². The topological polar surface area (TPSA) is 49.7 Å². The van der Waals surface area contributed by atoms with Gasteiger partial charge in [-0.3, -0.25) is 5.01 Å². The van der Waals surface area contributed by atoms with Gasteiger partial charge in [0.15, 0.2) is 5.37 Å². The molecule has 0 aliphatic carbocycles. The van der Waals surface area contributed by atoms with Crippen LogP contribution in [-0.2, 0) is 9.84 Å². The predicted molar refractivity (Wildman–Crippen MR) is 56.4 cm³/mol. The predicted octanol–water partition coefficient (Wildman–Crippen LogP) is 0.815. The lowest BCUT2D eigenvalue weighted by atomic mass is 10.0. The third-order valence-corrected chi connectivity index (χ3v) is 5.21. The van der Waals surface area contributed by atoms with E-state index in [1.165, 1.54) is 5.01 Å². The van der Waals surface area contributed by atoms with E-state index in [0.29, 0.717) is 4.90 Å². The first-order valence-corrected chi connectivity index (χ1v) is 6.27. The summed E-state index contributed by atoms with van der Waals surface area (Å²) in [5.74, 6) is -0.101. The number of hydrazone groups is 1. The van der Waals surface area contributed by atoms with Gasteiger partial charge in [-0.1, -0.05) is 18.2 Å². The molecule has 0 bridgehead atoms. The average molecular weight is 222 g/mol. The van der Waals surface area contributed by atoms with Gasteiger partial charge in [-0.25, -0.2) is 8.42 Å². The summed E-state index contributed by atoms with van der Waals surface area (Å²) in [6, 6.07) is 7.16. The maximum Gasteiger partial charge on any atom is 0.202 e.